The first-order chi connectivity index (χ1) is 6.84. The van der Waals surface area contributed by atoms with Gasteiger partial charge in [-0.2, -0.15) is 9.90 Å². The van der Waals surface area contributed by atoms with Crippen molar-refractivity contribution in [2.24, 2.45) is 5.92 Å². The van der Waals surface area contributed by atoms with Gasteiger partial charge in [-0.3, -0.25) is 0 Å². The van der Waals surface area contributed by atoms with Crippen LogP contribution in [0.2, 0.25) is 0 Å². The predicted molar refractivity (Wildman–Crippen MR) is 52.6 cm³/mol. The molecular formula is C9H16N4O. The van der Waals surface area contributed by atoms with E-state index in [1.165, 1.54) is 19.3 Å². The van der Waals surface area contributed by atoms with Gasteiger partial charge in [0.1, 0.15) is 0 Å². The standard InChI is InChI=1S/C9H16N4O/c10-9-6-11-13(12-9)4-5-14-7-8-2-1-3-8/h6,8H,1-5,7H2,(H2,10,12). The Morgan fingerprint density at radius 2 is 2.43 bits per heavy atom. The van der Waals surface area contributed by atoms with Gasteiger partial charge in [-0.25, -0.2) is 0 Å². The highest BCUT2D eigenvalue weighted by Gasteiger charge is 2.16. The first-order valence-corrected chi connectivity index (χ1v) is 5.08. The lowest BCUT2D eigenvalue weighted by Gasteiger charge is -2.24. The molecule has 2 N–H and O–H groups in total. The van der Waals surface area contributed by atoms with E-state index in [1.54, 1.807) is 11.0 Å². The number of aromatic nitrogens is 3. The molecule has 0 aromatic carbocycles. The Labute approximate surface area is 83.2 Å². The number of nitrogens with zero attached hydrogens (tertiary/aromatic N) is 3. The van der Waals surface area contributed by atoms with Gasteiger partial charge in [0.05, 0.1) is 19.3 Å². The zero-order chi connectivity index (χ0) is 9.80. The molecule has 5 heteroatoms. The molecule has 0 unspecified atom stereocenters. The Hall–Kier alpha value is -1.10. The maximum absolute atomic E-state index is 5.51. The van der Waals surface area contributed by atoms with Crippen LogP contribution in [0.4, 0.5) is 5.82 Å². The first kappa shape index (κ1) is 9.45. The molecule has 1 aromatic heterocycles. The van der Waals surface area contributed by atoms with E-state index in [0.29, 0.717) is 19.0 Å². The van der Waals surface area contributed by atoms with Gasteiger partial charge in [-0.05, 0) is 18.8 Å². The smallest absolute Gasteiger partial charge is 0.165 e. The summed E-state index contributed by atoms with van der Waals surface area (Å²) in [6, 6.07) is 0. The summed E-state index contributed by atoms with van der Waals surface area (Å²) < 4.78 is 5.51. The summed E-state index contributed by atoms with van der Waals surface area (Å²) in [5, 5.41) is 7.93. The van der Waals surface area contributed by atoms with Gasteiger partial charge in [-0.15, -0.1) is 5.10 Å². The molecule has 14 heavy (non-hydrogen) atoms. The van der Waals surface area contributed by atoms with Gasteiger partial charge in [0.2, 0.25) is 0 Å². The Morgan fingerprint density at radius 3 is 3.00 bits per heavy atom. The summed E-state index contributed by atoms with van der Waals surface area (Å²) in [6.45, 7) is 2.24. The van der Waals surface area contributed by atoms with Crippen molar-refractivity contribution in [2.75, 3.05) is 18.9 Å². The summed E-state index contributed by atoms with van der Waals surface area (Å²) in [5.41, 5.74) is 5.43. The van der Waals surface area contributed by atoms with E-state index in [-0.39, 0.29) is 0 Å². The maximum Gasteiger partial charge on any atom is 0.165 e. The SMILES string of the molecule is Nc1cnn(CCOCC2CCC2)n1. The Morgan fingerprint density at radius 1 is 1.57 bits per heavy atom. The average Bonchev–Trinajstić information content (AvgIpc) is 2.48. The Bertz CT molecular complexity index is 282. The molecular weight excluding hydrogens is 180 g/mol. The molecule has 1 aliphatic rings. The third-order valence-corrected chi connectivity index (χ3v) is 2.57. The number of nitrogens with two attached hydrogens (primary N) is 1. The van der Waals surface area contributed by atoms with E-state index >= 15 is 0 Å². The summed E-state index contributed by atoms with van der Waals surface area (Å²) >= 11 is 0. The molecule has 1 fully saturated rings. The molecule has 2 rings (SSSR count). The molecule has 0 radical (unpaired) electrons. The van der Waals surface area contributed by atoms with Gasteiger partial charge in [-0.1, -0.05) is 6.42 Å². The largest absolute Gasteiger partial charge is 0.381 e. The van der Waals surface area contributed by atoms with E-state index in [4.69, 9.17) is 10.5 Å². The van der Waals surface area contributed by atoms with Crippen molar-refractivity contribution in [3.05, 3.63) is 6.20 Å². The van der Waals surface area contributed by atoms with Crippen LogP contribution >= 0.6 is 0 Å². The third kappa shape index (κ3) is 2.45. The molecule has 5 nitrogen and oxygen atoms in total. The molecule has 0 saturated heterocycles. The zero-order valence-electron chi connectivity index (χ0n) is 8.22. The average molecular weight is 196 g/mol. The first-order valence-electron chi connectivity index (χ1n) is 5.08. The highest BCUT2D eigenvalue weighted by Crippen LogP contribution is 2.26. The zero-order valence-corrected chi connectivity index (χ0v) is 8.22. The second-order valence-electron chi connectivity index (χ2n) is 3.74. The molecule has 1 heterocycles. The van der Waals surface area contributed by atoms with Crippen molar-refractivity contribution in [3.8, 4) is 0 Å². The van der Waals surface area contributed by atoms with Crippen LogP contribution in [0.25, 0.3) is 0 Å². The van der Waals surface area contributed by atoms with Crippen molar-refractivity contribution in [1.29, 1.82) is 0 Å². The summed E-state index contributed by atoms with van der Waals surface area (Å²) in [7, 11) is 0. The van der Waals surface area contributed by atoms with Crippen LogP contribution in [0.3, 0.4) is 0 Å². The molecule has 0 spiro atoms. The fourth-order valence-electron chi connectivity index (χ4n) is 1.47. The highest BCUT2D eigenvalue weighted by molar-refractivity contribution is 5.19. The van der Waals surface area contributed by atoms with Crippen LogP contribution in [0, 0.1) is 5.92 Å². The lowest BCUT2D eigenvalue weighted by molar-refractivity contribution is 0.0624. The van der Waals surface area contributed by atoms with Gasteiger partial charge in [0.15, 0.2) is 5.82 Å². The number of rotatable bonds is 5. The minimum Gasteiger partial charge on any atom is -0.381 e. The van der Waals surface area contributed by atoms with E-state index in [2.05, 4.69) is 10.2 Å². The monoisotopic (exact) mass is 196 g/mol. The predicted octanol–water partition coefficient (Wildman–Crippen LogP) is 0.677. The van der Waals surface area contributed by atoms with Crippen LogP contribution in [0.15, 0.2) is 6.20 Å². The lowest BCUT2D eigenvalue weighted by Crippen LogP contribution is -2.19. The minimum absolute atomic E-state index is 0.462. The molecule has 0 amide bonds. The molecule has 1 aliphatic carbocycles. The van der Waals surface area contributed by atoms with Crippen molar-refractivity contribution in [1.82, 2.24) is 15.0 Å². The molecule has 1 saturated carbocycles. The van der Waals surface area contributed by atoms with Gasteiger partial charge >= 0.3 is 0 Å². The molecule has 0 bridgehead atoms. The fourth-order valence-corrected chi connectivity index (χ4v) is 1.47. The van der Waals surface area contributed by atoms with Crippen LogP contribution < -0.4 is 5.73 Å². The Kier molecular flexibility index (Phi) is 2.98. The fraction of sp³-hybridized carbons (Fsp3) is 0.778. The highest BCUT2D eigenvalue weighted by atomic mass is 16.5. The van der Waals surface area contributed by atoms with Gasteiger partial charge in [0, 0.05) is 6.61 Å². The van der Waals surface area contributed by atoms with Gasteiger partial charge in [0.25, 0.3) is 0 Å². The van der Waals surface area contributed by atoms with E-state index in [0.717, 1.165) is 12.5 Å². The summed E-state index contributed by atoms with van der Waals surface area (Å²) in [5.74, 6) is 1.26. The minimum atomic E-state index is 0.462. The molecule has 0 atom stereocenters. The summed E-state index contributed by atoms with van der Waals surface area (Å²) in [6.07, 6.45) is 5.57. The second-order valence-corrected chi connectivity index (χ2v) is 3.74. The Balaban J connectivity index is 1.58. The van der Waals surface area contributed by atoms with Gasteiger partial charge < -0.3 is 10.5 Å². The molecule has 0 aliphatic heterocycles. The van der Waals surface area contributed by atoms with Crippen LogP contribution in [-0.4, -0.2) is 28.2 Å². The number of hydrogen-bond acceptors (Lipinski definition) is 4. The van der Waals surface area contributed by atoms with Crippen molar-refractivity contribution in [3.63, 3.8) is 0 Å². The number of anilines is 1. The van der Waals surface area contributed by atoms with E-state index in [1.807, 2.05) is 0 Å². The molecule has 78 valence electrons. The third-order valence-electron chi connectivity index (χ3n) is 2.57. The number of hydrogen-bond donors (Lipinski definition) is 1. The van der Waals surface area contributed by atoms with E-state index < -0.39 is 0 Å². The van der Waals surface area contributed by atoms with E-state index in [9.17, 15) is 0 Å². The topological polar surface area (TPSA) is 66.0 Å². The van der Waals surface area contributed by atoms with Crippen LogP contribution in [0.5, 0.6) is 0 Å². The molecule has 1 aromatic rings. The quantitative estimate of drug-likeness (QED) is 0.703. The lowest BCUT2D eigenvalue weighted by atomic mass is 9.86. The maximum atomic E-state index is 5.51. The van der Waals surface area contributed by atoms with Crippen LogP contribution in [-0.2, 0) is 11.3 Å². The second kappa shape index (κ2) is 4.41. The van der Waals surface area contributed by atoms with Crippen molar-refractivity contribution < 1.29 is 4.74 Å². The van der Waals surface area contributed by atoms with Crippen molar-refractivity contribution in [2.45, 2.75) is 25.8 Å². The van der Waals surface area contributed by atoms with Crippen molar-refractivity contribution >= 4 is 5.82 Å². The van der Waals surface area contributed by atoms with Crippen LogP contribution in [0.1, 0.15) is 19.3 Å². The number of nitrogen functional groups attached to an aromatic ring is 1. The number of ether oxygens (including phenoxy) is 1. The summed E-state index contributed by atoms with van der Waals surface area (Å²) in [4.78, 5) is 1.57. The normalized spacial score (nSPS) is 16.9.